The molecule has 0 aliphatic heterocycles. The molecule has 1 rings (SSSR count). The molecule has 21 heavy (non-hydrogen) atoms. The zero-order valence-electron chi connectivity index (χ0n) is 13.6. The summed E-state index contributed by atoms with van der Waals surface area (Å²) in [6.07, 6.45) is 0.988. The van der Waals surface area contributed by atoms with Gasteiger partial charge in [0.05, 0.1) is 20.3 Å². The van der Waals surface area contributed by atoms with Crippen LogP contribution in [0.15, 0.2) is 18.2 Å². The molecule has 120 valence electrons. The van der Waals surface area contributed by atoms with Crippen molar-refractivity contribution in [2.45, 2.75) is 13.0 Å². The van der Waals surface area contributed by atoms with Gasteiger partial charge in [-0.1, -0.05) is 12.1 Å². The number of para-hydroxylation sites is 1. The Balaban J connectivity index is 2.59. The first-order chi connectivity index (χ1) is 10.2. The molecule has 0 unspecified atom stereocenters. The Hall–Kier alpha value is -1.30. The minimum absolute atomic E-state index is 0.684. The number of nitrogens with zero attached hydrogens (tertiary/aromatic N) is 1. The highest BCUT2D eigenvalue weighted by Gasteiger charge is 2.10. The third kappa shape index (κ3) is 6.80. The second-order valence-corrected chi connectivity index (χ2v) is 5.12. The van der Waals surface area contributed by atoms with E-state index >= 15 is 0 Å². The largest absolute Gasteiger partial charge is 0.493 e. The fourth-order valence-electron chi connectivity index (χ4n) is 1.98. The molecule has 0 aromatic heterocycles. The molecular formula is C16H28N2O3. The summed E-state index contributed by atoms with van der Waals surface area (Å²) in [4.78, 5) is 2.15. The maximum absolute atomic E-state index is 5.94. The van der Waals surface area contributed by atoms with Gasteiger partial charge in [0.25, 0.3) is 0 Å². The normalized spacial score (nSPS) is 10.9. The van der Waals surface area contributed by atoms with Crippen LogP contribution in [0.1, 0.15) is 12.0 Å². The molecule has 0 bridgehead atoms. The molecule has 0 saturated carbocycles. The van der Waals surface area contributed by atoms with Crippen molar-refractivity contribution < 1.29 is 14.2 Å². The molecular weight excluding hydrogens is 268 g/mol. The molecule has 0 spiro atoms. The summed E-state index contributed by atoms with van der Waals surface area (Å²) in [5.74, 6) is 1.62. The Labute approximate surface area is 128 Å². The zero-order valence-corrected chi connectivity index (χ0v) is 13.6. The molecule has 5 nitrogen and oxygen atoms in total. The summed E-state index contributed by atoms with van der Waals surface area (Å²) >= 11 is 0. The lowest BCUT2D eigenvalue weighted by molar-refractivity contribution is 0.199. The van der Waals surface area contributed by atoms with Crippen LogP contribution in [0.25, 0.3) is 0 Å². The summed E-state index contributed by atoms with van der Waals surface area (Å²) in [5.41, 5.74) is 1.11. The fourth-order valence-corrected chi connectivity index (χ4v) is 1.98. The van der Waals surface area contributed by atoms with Crippen LogP contribution in [-0.2, 0) is 11.3 Å². The zero-order chi connectivity index (χ0) is 15.5. The van der Waals surface area contributed by atoms with Crippen molar-refractivity contribution >= 4 is 0 Å². The maximum Gasteiger partial charge on any atom is 0.165 e. The number of methoxy groups -OCH3 is 2. The summed E-state index contributed by atoms with van der Waals surface area (Å²) in [6, 6.07) is 5.97. The van der Waals surface area contributed by atoms with E-state index < -0.39 is 0 Å². The average Bonchev–Trinajstić information content (AvgIpc) is 2.48. The van der Waals surface area contributed by atoms with Crippen molar-refractivity contribution in [1.29, 1.82) is 0 Å². The summed E-state index contributed by atoms with van der Waals surface area (Å²) in [6.45, 7) is 3.94. The summed E-state index contributed by atoms with van der Waals surface area (Å²) in [5, 5.41) is 3.33. The lowest BCUT2D eigenvalue weighted by Crippen LogP contribution is -2.19. The molecule has 0 heterocycles. The van der Waals surface area contributed by atoms with Crippen molar-refractivity contribution in [3.05, 3.63) is 23.8 Å². The minimum Gasteiger partial charge on any atom is -0.493 e. The van der Waals surface area contributed by atoms with E-state index in [2.05, 4.69) is 30.4 Å². The standard InChI is InChI=1S/C16H28N2O3/c1-18(2)10-6-11-21-16-14(13-17-9-12-19-3)7-5-8-15(16)20-4/h5,7-8,17H,6,9-13H2,1-4H3. The average molecular weight is 296 g/mol. The number of hydrogen-bond donors (Lipinski definition) is 1. The van der Waals surface area contributed by atoms with Gasteiger partial charge in [0, 0.05) is 32.3 Å². The Kier molecular flexibility index (Phi) is 8.82. The van der Waals surface area contributed by atoms with Gasteiger partial charge in [-0.15, -0.1) is 0 Å². The van der Waals surface area contributed by atoms with Gasteiger partial charge in [0.2, 0.25) is 0 Å². The van der Waals surface area contributed by atoms with E-state index in [4.69, 9.17) is 14.2 Å². The third-order valence-electron chi connectivity index (χ3n) is 3.07. The maximum atomic E-state index is 5.94. The number of nitrogens with one attached hydrogen (secondary N) is 1. The van der Waals surface area contributed by atoms with Crippen LogP contribution >= 0.6 is 0 Å². The smallest absolute Gasteiger partial charge is 0.165 e. The molecule has 0 aliphatic carbocycles. The lowest BCUT2D eigenvalue weighted by Gasteiger charge is -2.16. The highest BCUT2D eigenvalue weighted by molar-refractivity contribution is 5.46. The summed E-state index contributed by atoms with van der Waals surface area (Å²) < 4.78 is 16.4. The fraction of sp³-hybridized carbons (Fsp3) is 0.625. The van der Waals surface area contributed by atoms with Gasteiger partial charge in [-0.25, -0.2) is 0 Å². The number of benzene rings is 1. The Morgan fingerprint density at radius 2 is 1.95 bits per heavy atom. The molecule has 1 N–H and O–H groups in total. The van der Waals surface area contributed by atoms with Gasteiger partial charge < -0.3 is 24.4 Å². The first-order valence-electron chi connectivity index (χ1n) is 7.32. The Bertz CT molecular complexity index is 397. The van der Waals surface area contributed by atoms with Crippen LogP contribution in [-0.4, -0.2) is 59.5 Å². The summed E-state index contributed by atoms with van der Waals surface area (Å²) in [7, 11) is 7.50. The van der Waals surface area contributed by atoms with Crippen molar-refractivity contribution in [3.63, 3.8) is 0 Å². The Morgan fingerprint density at radius 3 is 2.62 bits per heavy atom. The van der Waals surface area contributed by atoms with Crippen LogP contribution < -0.4 is 14.8 Å². The van der Waals surface area contributed by atoms with Crippen molar-refractivity contribution in [1.82, 2.24) is 10.2 Å². The monoisotopic (exact) mass is 296 g/mol. The van der Waals surface area contributed by atoms with Gasteiger partial charge in [-0.2, -0.15) is 0 Å². The van der Waals surface area contributed by atoms with Gasteiger partial charge in [-0.3, -0.25) is 0 Å². The first-order valence-corrected chi connectivity index (χ1v) is 7.32. The number of hydrogen-bond acceptors (Lipinski definition) is 5. The van der Waals surface area contributed by atoms with E-state index in [1.54, 1.807) is 14.2 Å². The predicted molar refractivity (Wildman–Crippen MR) is 85.2 cm³/mol. The van der Waals surface area contributed by atoms with E-state index in [-0.39, 0.29) is 0 Å². The van der Waals surface area contributed by atoms with Crippen LogP contribution in [0, 0.1) is 0 Å². The van der Waals surface area contributed by atoms with E-state index in [9.17, 15) is 0 Å². The minimum atomic E-state index is 0.684. The highest BCUT2D eigenvalue weighted by Crippen LogP contribution is 2.31. The molecule has 1 aromatic rings. The molecule has 1 aromatic carbocycles. The third-order valence-corrected chi connectivity index (χ3v) is 3.07. The van der Waals surface area contributed by atoms with Crippen molar-refractivity contribution in [2.24, 2.45) is 0 Å². The second-order valence-electron chi connectivity index (χ2n) is 5.12. The van der Waals surface area contributed by atoms with Crippen LogP contribution in [0.3, 0.4) is 0 Å². The number of rotatable bonds is 11. The van der Waals surface area contributed by atoms with Gasteiger partial charge in [-0.05, 0) is 26.6 Å². The quantitative estimate of drug-likeness (QED) is 0.630. The topological polar surface area (TPSA) is 43.0 Å². The SMILES string of the molecule is COCCNCc1cccc(OC)c1OCCCN(C)C. The lowest BCUT2D eigenvalue weighted by atomic mass is 10.2. The highest BCUT2D eigenvalue weighted by atomic mass is 16.5. The van der Waals surface area contributed by atoms with E-state index in [0.29, 0.717) is 13.2 Å². The Morgan fingerprint density at radius 1 is 1.14 bits per heavy atom. The number of ether oxygens (including phenoxy) is 3. The predicted octanol–water partition coefficient (Wildman–Crippen LogP) is 1.76. The van der Waals surface area contributed by atoms with E-state index in [0.717, 1.165) is 43.1 Å². The molecule has 0 saturated heterocycles. The van der Waals surface area contributed by atoms with Crippen LogP contribution in [0.5, 0.6) is 11.5 Å². The molecule has 0 radical (unpaired) electrons. The van der Waals surface area contributed by atoms with E-state index in [1.165, 1.54) is 0 Å². The molecule has 0 fully saturated rings. The van der Waals surface area contributed by atoms with Gasteiger partial charge in [0.1, 0.15) is 0 Å². The second kappa shape index (κ2) is 10.4. The van der Waals surface area contributed by atoms with Gasteiger partial charge in [0.15, 0.2) is 11.5 Å². The van der Waals surface area contributed by atoms with Crippen molar-refractivity contribution in [2.75, 3.05) is 54.6 Å². The molecule has 0 amide bonds. The van der Waals surface area contributed by atoms with Crippen LogP contribution in [0.4, 0.5) is 0 Å². The van der Waals surface area contributed by atoms with Crippen LogP contribution in [0.2, 0.25) is 0 Å². The first kappa shape index (κ1) is 17.8. The molecule has 0 atom stereocenters. The molecule has 0 aliphatic rings. The van der Waals surface area contributed by atoms with E-state index in [1.807, 2.05) is 12.1 Å². The van der Waals surface area contributed by atoms with Gasteiger partial charge >= 0.3 is 0 Å². The molecule has 5 heteroatoms. The van der Waals surface area contributed by atoms with Crippen molar-refractivity contribution in [3.8, 4) is 11.5 Å².